The van der Waals surface area contributed by atoms with Crippen molar-refractivity contribution in [2.45, 2.75) is 17.8 Å². The molecule has 1 N–H and O–H groups in total. The summed E-state index contributed by atoms with van der Waals surface area (Å²) in [7, 11) is 2.85. The zero-order valence-corrected chi connectivity index (χ0v) is 17.9. The highest BCUT2D eigenvalue weighted by Crippen LogP contribution is 2.43. The summed E-state index contributed by atoms with van der Waals surface area (Å²) in [6.45, 7) is 0. The number of carbonyl (C=O) groups excluding carboxylic acids is 2. The quantitative estimate of drug-likeness (QED) is 0.540. The number of alkyl halides is 3. The molecule has 2 aromatic carbocycles. The van der Waals surface area contributed by atoms with Gasteiger partial charge in [0.15, 0.2) is 0 Å². The molecule has 1 aliphatic heterocycles. The summed E-state index contributed by atoms with van der Waals surface area (Å²) in [6.07, 6.45) is -4.37. The predicted octanol–water partition coefficient (Wildman–Crippen LogP) is 3.89. The van der Waals surface area contributed by atoms with Gasteiger partial charge in [-0.1, -0.05) is 30.0 Å². The van der Waals surface area contributed by atoms with Crippen LogP contribution in [0.15, 0.2) is 59.1 Å². The number of methoxy groups -OCH3 is 1. The van der Waals surface area contributed by atoms with E-state index in [1.807, 2.05) is 0 Å². The number of hydrogen-bond acceptors (Lipinski definition) is 5. The minimum Gasteiger partial charge on any atom is -0.497 e. The Morgan fingerprint density at radius 3 is 2.50 bits per heavy atom. The Kier molecular flexibility index (Phi) is 6.79. The molecular weight excluding hydrogens is 443 g/mol. The van der Waals surface area contributed by atoms with E-state index < -0.39 is 28.8 Å². The lowest BCUT2D eigenvalue weighted by atomic mass is 10.1. The molecule has 166 valence electrons. The van der Waals surface area contributed by atoms with Crippen LogP contribution in [0.2, 0.25) is 0 Å². The highest BCUT2D eigenvalue weighted by Gasteiger charge is 2.41. The average molecular weight is 461 g/mol. The van der Waals surface area contributed by atoms with Crippen LogP contribution in [0, 0.1) is 11.3 Å². The number of thioether (sulfide) groups is 1. The number of amides is 2. The SMILES string of the molecule is CNC(=O)/C(C#N)=C1/S[C@@H](Cc2ccc(OC)cc2)C(=O)N1c1cccc(C(F)(F)F)c1. The van der Waals surface area contributed by atoms with E-state index in [2.05, 4.69) is 5.32 Å². The third-order valence-electron chi connectivity index (χ3n) is 4.74. The number of nitrogens with zero attached hydrogens (tertiary/aromatic N) is 2. The average Bonchev–Trinajstić information content (AvgIpc) is 3.09. The summed E-state index contributed by atoms with van der Waals surface area (Å²) in [5.41, 5.74) is -0.564. The predicted molar refractivity (Wildman–Crippen MR) is 114 cm³/mol. The zero-order valence-electron chi connectivity index (χ0n) is 17.1. The van der Waals surface area contributed by atoms with Gasteiger partial charge < -0.3 is 10.1 Å². The number of nitriles is 1. The summed E-state index contributed by atoms with van der Waals surface area (Å²) in [6, 6.07) is 13.0. The standard InChI is InChI=1S/C22H18F3N3O3S/c1-27-19(29)17(12-26)21-28(15-5-3-4-14(11-15)22(23,24)25)20(30)18(32-21)10-13-6-8-16(31-2)9-7-13/h3-9,11,18H,10H2,1-2H3,(H,27,29)/b21-17+/t18-/m0/s1. The van der Waals surface area contributed by atoms with Gasteiger partial charge in [0.1, 0.15) is 22.4 Å². The molecule has 1 saturated heterocycles. The number of likely N-dealkylation sites (N-methyl/N-ethyl adjacent to an activating group) is 1. The van der Waals surface area contributed by atoms with Gasteiger partial charge in [-0.2, -0.15) is 18.4 Å². The van der Waals surface area contributed by atoms with Gasteiger partial charge in [-0.25, -0.2) is 0 Å². The van der Waals surface area contributed by atoms with Crippen molar-refractivity contribution in [3.8, 4) is 11.8 Å². The van der Waals surface area contributed by atoms with E-state index in [9.17, 15) is 28.0 Å². The number of anilines is 1. The maximum atomic E-state index is 13.3. The van der Waals surface area contributed by atoms with E-state index in [1.54, 1.807) is 30.3 Å². The van der Waals surface area contributed by atoms with Gasteiger partial charge in [0.2, 0.25) is 5.91 Å². The zero-order chi connectivity index (χ0) is 23.5. The molecule has 2 amide bonds. The van der Waals surface area contributed by atoms with Crippen LogP contribution in [0.1, 0.15) is 11.1 Å². The Morgan fingerprint density at radius 2 is 1.94 bits per heavy atom. The highest BCUT2D eigenvalue weighted by atomic mass is 32.2. The van der Waals surface area contributed by atoms with Crippen molar-refractivity contribution in [2.24, 2.45) is 0 Å². The van der Waals surface area contributed by atoms with Crippen molar-refractivity contribution >= 4 is 29.3 Å². The lowest BCUT2D eigenvalue weighted by Crippen LogP contribution is -2.31. The van der Waals surface area contributed by atoms with Crippen molar-refractivity contribution in [3.63, 3.8) is 0 Å². The topological polar surface area (TPSA) is 82.4 Å². The number of carbonyl (C=O) groups is 2. The Hall–Kier alpha value is -3.45. The smallest absolute Gasteiger partial charge is 0.416 e. The van der Waals surface area contributed by atoms with E-state index in [0.717, 1.165) is 34.4 Å². The van der Waals surface area contributed by atoms with E-state index >= 15 is 0 Å². The maximum absolute atomic E-state index is 13.3. The molecule has 0 radical (unpaired) electrons. The number of rotatable bonds is 5. The van der Waals surface area contributed by atoms with Crippen LogP contribution in [0.25, 0.3) is 0 Å². The maximum Gasteiger partial charge on any atom is 0.416 e. The van der Waals surface area contributed by atoms with Crippen LogP contribution in [0.5, 0.6) is 5.75 Å². The van der Waals surface area contributed by atoms with Gasteiger partial charge in [-0.15, -0.1) is 0 Å². The Balaban J connectivity index is 2.05. The van der Waals surface area contributed by atoms with Crippen LogP contribution in [-0.4, -0.2) is 31.2 Å². The first-order chi connectivity index (χ1) is 15.2. The second-order valence-electron chi connectivity index (χ2n) is 6.75. The van der Waals surface area contributed by atoms with Crippen LogP contribution in [-0.2, 0) is 22.2 Å². The second kappa shape index (κ2) is 9.36. The summed E-state index contributed by atoms with van der Waals surface area (Å²) in [5, 5.41) is 11.1. The minimum atomic E-state index is -4.61. The number of nitrogens with one attached hydrogen (secondary N) is 1. The summed E-state index contributed by atoms with van der Waals surface area (Å²) in [5.74, 6) is -0.613. The minimum absolute atomic E-state index is 0.00492. The van der Waals surface area contributed by atoms with Crippen LogP contribution in [0.4, 0.5) is 18.9 Å². The van der Waals surface area contributed by atoms with Gasteiger partial charge >= 0.3 is 6.18 Å². The normalized spacial score (nSPS) is 17.7. The third kappa shape index (κ3) is 4.73. The largest absolute Gasteiger partial charge is 0.497 e. The Labute approximate surface area is 186 Å². The van der Waals surface area contributed by atoms with Gasteiger partial charge in [-0.05, 0) is 42.3 Å². The van der Waals surface area contributed by atoms with E-state index in [0.29, 0.717) is 5.75 Å². The molecule has 6 nitrogen and oxygen atoms in total. The van der Waals surface area contributed by atoms with E-state index in [-0.39, 0.29) is 22.7 Å². The molecular formula is C22H18F3N3O3S. The van der Waals surface area contributed by atoms with Crippen molar-refractivity contribution in [2.75, 3.05) is 19.1 Å². The summed E-state index contributed by atoms with van der Waals surface area (Å²) < 4.78 is 44.8. The molecule has 0 aromatic heterocycles. The molecule has 0 unspecified atom stereocenters. The Morgan fingerprint density at radius 1 is 1.25 bits per heavy atom. The van der Waals surface area contributed by atoms with Gasteiger partial charge in [0.05, 0.1) is 23.6 Å². The van der Waals surface area contributed by atoms with Crippen molar-refractivity contribution in [1.82, 2.24) is 5.32 Å². The third-order valence-corrected chi connectivity index (χ3v) is 6.01. The fraction of sp³-hybridized carbons (Fsp3) is 0.227. The molecule has 0 saturated carbocycles. The van der Waals surface area contributed by atoms with Crippen LogP contribution >= 0.6 is 11.8 Å². The first kappa shape index (κ1) is 23.2. The molecule has 1 heterocycles. The van der Waals surface area contributed by atoms with Crippen LogP contribution < -0.4 is 15.0 Å². The van der Waals surface area contributed by atoms with E-state index in [4.69, 9.17) is 4.74 Å². The summed E-state index contributed by atoms with van der Waals surface area (Å²) in [4.78, 5) is 26.5. The van der Waals surface area contributed by atoms with Crippen molar-refractivity contribution < 1.29 is 27.5 Å². The molecule has 0 spiro atoms. The van der Waals surface area contributed by atoms with Gasteiger partial charge in [0.25, 0.3) is 5.91 Å². The fourth-order valence-electron chi connectivity index (χ4n) is 3.14. The second-order valence-corrected chi connectivity index (χ2v) is 7.94. The first-order valence-electron chi connectivity index (χ1n) is 9.37. The summed E-state index contributed by atoms with van der Waals surface area (Å²) >= 11 is 0.976. The van der Waals surface area contributed by atoms with Crippen molar-refractivity contribution in [1.29, 1.82) is 5.26 Å². The molecule has 1 fully saturated rings. The number of ether oxygens (including phenoxy) is 1. The molecule has 10 heteroatoms. The molecule has 0 bridgehead atoms. The van der Waals surface area contributed by atoms with Crippen molar-refractivity contribution in [3.05, 3.63) is 70.3 Å². The Bertz CT molecular complexity index is 1110. The number of halogens is 3. The van der Waals surface area contributed by atoms with Gasteiger partial charge in [-0.3, -0.25) is 14.5 Å². The van der Waals surface area contributed by atoms with Crippen LogP contribution in [0.3, 0.4) is 0 Å². The molecule has 1 aliphatic rings. The van der Waals surface area contributed by atoms with E-state index in [1.165, 1.54) is 26.3 Å². The number of benzene rings is 2. The molecule has 3 rings (SSSR count). The lowest BCUT2D eigenvalue weighted by Gasteiger charge is -2.20. The lowest BCUT2D eigenvalue weighted by molar-refractivity contribution is -0.137. The number of hydrogen-bond donors (Lipinski definition) is 1. The first-order valence-corrected chi connectivity index (χ1v) is 10.2. The molecule has 0 aliphatic carbocycles. The fourth-order valence-corrected chi connectivity index (χ4v) is 4.45. The molecule has 1 atom stereocenters. The molecule has 32 heavy (non-hydrogen) atoms. The monoisotopic (exact) mass is 461 g/mol. The molecule has 2 aromatic rings. The van der Waals surface area contributed by atoms with Gasteiger partial charge in [0, 0.05) is 7.05 Å². The highest BCUT2D eigenvalue weighted by molar-refractivity contribution is 8.05.